The van der Waals surface area contributed by atoms with Gasteiger partial charge in [-0.1, -0.05) is 28.1 Å². The Kier molecular flexibility index (Phi) is 4.77. The van der Waals surface area contributed by atoms with E-state index in [4.69, 9.17) is 0 Å². The number of halogens is 1. The largest absolute Gasteiger partial charge is 0.350 e. The molecule has 5 aliphatic rings. The Bertz CT molecular complexity index is 757. The van der Waals surface area contributed by atoms with Gasteiger partial charge in [0.15, 0.2) is 0 Å². The molecule has 1 heterocycles. The van der Waals surface area contributed by atoms with Crippen LogP contribution >= 0.6 is 15.9 Å². The zero-order chi connectivity index (χ0) is 19.3. The average molecular weight is 445 g/mol. The van der Waals surface area contributed by atoms with Gasteiger partial charge < -0.3 is 10.2 Å². The van der Waals surface area contributed by atoms with Gasteiger partial charge in [-0.15, -0.1) is 0 Å². The maximum absolute atomic E-state index is 13.7. The number of amides is 2. The van der Waals surface area contributed by atoms with Gasteiger partial charge in [0.2, 0.25) is 11.8 Å². The normalized spacial score (nSPS) is 36.0. The Hall–Kier alpha value is -1.36. The van der Waals surface area contributed by atoms with Crippen molar-refractivity contribution in [3.63, 3.8) is 0 Å². The second-order valence-electron chi connectivity index (χ2n) is 9.70. The molecule has 5 fully saturated rings. The number of benzene rings is 1. The lowest BCUT2D eigenvalue weighted by atomic mass is 9.49. The third-order valence-corrected chi connectivity index (χ3v) is 8.16. The number of rotatable bonds is 4. The van der Waals surface area contributed by atoms with E-state index in [-0.39, 0.29) is 17.4 Å². The molecule has 1 aliphatic heterocycles. The highest BCUT2D eigenvalue weighted by Crippen LogP contribution is 2.60. The molecule has 1 N–H and O–H groups in total. The molecule has 4 bridgehead atoms. The highest BCUT2D eigenvalue weighted by atomic mass is 79.9. The lowest BCUT2D eigenvalue weighted by Crippen LogP contribution is -2.57. The van der Waals surface area contributed by atoms with Crippen LogP contribution in [-0.2, 0) is 16.1 Å². The third kappa shape index (κ3) is 3.30. The Morgan fingerprint density at radius 1 is 1.11 bits per heavy atom. The summed E-state index contributed by atoms with van der Waals surface area (Å²) in [5, 5.41) is 3.07. The summed E-state index contributed by atoms with van der Waals surface area (Å²) in [6.45, 7) is 1.25. The molecule has 150 valence electrons. The molecule has 5 heteroatoms. The van der Waals surface area contributed by atoms with Crippen LogP contribution in [0.15, 0.2) is 28.7 Å². The van der Waals surface area contributed by atoms with Crippen LogP contribution < -0.4 is 5.32 Å². The molecule has 2 amide bonds. The molecule has 1 aromatic carbocycles. The SMILES string of the molecule is O=C(NCc1cccc(Br)c1)C1CCCN1C(=O)C12CC3CC(CC(C3)C1)C2. The Labute approximate surface area is 175 Å². The minimum Gasteiger partial charge on any atom is -0.350 e. The molecule has 1 atom stereocenters. The second kappa shape index (κ2) is 7.16. The van der Waals surface area contributed by atoms with Crippen LogP contribution in [0.4, 0.5) is 0 Å². The van der Waals surface area contributed by atoms with Crippen LogP contribution in [0.1, 0.15) is 56.9 Å². The van der Waals surface area contributed by atoms with Gasteiger partial charge in [0.1, 0.15) is 6.04 Å². The highest BCUT2D eigenvalue weighted by molar-refractivity contribution is 9.10. The van der Waals surface area contributed by atoms with Crippen molar-refractivity contribution in [2.45, 2.75) is 64.0 Å². The lowest BCUT2D eigenvalue weighted by molar-refractivity contribution is -0.160. The van der Waals surface area contributed by atoms with Gasteiger partial charge in [-0.2, -0.15) is 0 Å². The van der Waals surface area contributed by atoms with Crippen LogP contribution in [0.3, 0.4) is 0 Å². The van der Waals surface area contributed by atoms with Gasteiger partial charge in [0, 0.05) is 17.6 Å². The number of likely N-dealkylation sites (tertiary alicyclic amines) is 1. The first-order chi connectivity index (χ1) is 13.5. The number of nitrogens with one attached hydrogen (secondary N) is 1. The fourth-order valence-corrected chi connectivity index (χ4v) is 7.36. The fraction of sp³-hybridized carbons (Fsp3) is 0.652. The predicted molar refractivity (Wildman–Crippen MR) is 111 cm³/mol. The topological polar surface area (TPSA) is 49.4 Å². The lowest BCUT2D eigenvalue weighted by Gasteiger charge is -2.56. The quantitative estimate of drug-likeness (QED) is 0.753. The molecule has 1 saturated heterocycles. The third-order valence-electron chi connectivity index (χ3n) is 7.66. The van der Waals surface area contributed by atoms with Crippen molar-refractivity contribution in [3.8, 4) is 0 Å². The molecule has 4 saturated carbocycles. The smallest absolute Gasteiger partial charge is 0.243 e. The molecular weight excluding hydrogens is 416 g/mol. The van der Waals surface area contributed by atoms with Crippen LogP contribution in [0.5, 0.6) is 0 Å². The molecule has 0 radical (unpaired) electrons. The minimum atomic E-state index is -0.285. The zero-order valence-corrected chi connectivity index (χ0v) is 17.9. The molecule has 1 unspecified atom stereocenters. The standard InChI is InChI=1S/C23H29BrN2O2/c24-19-4-1-3-15(10-19)14-25-21(27)20-5-2-6-26(20)22(28)23-11-16-7-17(12-23)9-18(8-16)13-23/h1,3-4,10,16-18,20H,2,5-9,11-14H2,(H,25,27). The summed E-state index contributed by atoms with van der Waals surface area (Å²) in [6, 6.07) is 7.71. The second-order valence-corrected chi connectivity index (χ2v) is 10.6. The first-order valence-electron chi connectivity index (χ1n) is 10.9. The number of carbonyl (C=O) groups is 2. The van der Waals surface area contributed by atoms with E-state index in [1.165, 1.54) is 19.3 Å². The monoisotopic (exact) mass is 444 g/mol. The van der Waals surface area contributed by atoms with E-state index >= 15 is 0 Å². The van der Waals surface area contributed by atoms with Crippen molar-refractivity contribution in [2.24, 2.45) is 23.2 Å². The summed E-state index contributed by atoms with van der Waals surface area (Å²) in [5.41, 5.74) is 0.918. The molecule has 1 aromatic rings. The number of nitrogens with zero attached hydrogens (tertiary/aromatic N) is 1. The van der Waals surface area contributed by atoms with Crippen LogP contribution in [0, 0.1) is 23.2 Å². The van der Waals surface area contributed by atoms with Crippen molar-refractivity contribution in [3.05, 3.63) is 34.3 Å². The molecule has 4 aliphatic carbocycles. The van der Waals surface area contributed by atoms with Gasteiger partial charge in [0.25, 0.3) is 0 Å². The van der Waals surface area contributed by atoms with E-state index < -0.39 is 0 Å². The van der Waals surface area contributed by atoms with Crippen molar-refractivity contribution >= 4 is 27.7 Å². The van der Waals surface area contributed by atoms with Crippen molar-refractivity contribution in [2.75, 3.05) is 6.54 Å². The van der Waals surface area contributed by atoms with Crippen molar-refractivity contribution in [1.29, 1.82) is 0 Å². The van der Waals surface area contributed by atoms with Crippen molar-refractivity contribution < 1.29 is 9.59 Å². The van der Waals surface area contributed by atoms with E-state index in [1.54, 1.807) is 0 Å². The van der Waals surface area contributed by atoms with Crippen LogP contribution in [0.25, 0.3) is 0 Å². The maximum atomic E-state index is 13.7. The van der Waals surface area contributed by atoms with E-state index in [1.807, 2.05) is 29.2 Å². The molecule has 4 nitrogen and oxygen atoms in total. The molecule has 28 heavy (non-hydrogen) atoms. The van der Waals surface area contributed by atoms with E-state index in [0.717, 1.165) is 66.4 Å². The van der Waals surface area contributed by atoms with E-state index in [0.29, 0.717) is 12.5 Å². The van der Waals surface area contributed by atoms with Crippen LogP contribution in [-0.4, -0.2) is 29.3 Å². The van der Waals surface area contributed by atoms with Gasteiger partial charge in [-0.05, 0) is 86.8 Å². The van der Waals surface area contributed by atoms with Gasteiger partial charge in [-0.25, -0.2) is 0 Å². The van der Waals surface area contributed by atoms with Gasteiger partial charge >= 0.3 is 0 Å². The minimum absolute atomic E-state index is 0.00977. The maximum Gasteiger partial charge on any atom is 0.243 e. The van der Waals surface area contributed by atoms with E-state index in [9.17, 15) is 9.59 Å². The summed E-state index contributed by atoms with van der Waals surface area (Å²) >= 11 is 3.47. The van der Waals surface area contributed by atoms with Gasteiger partial charge in [0.05, 0.1) is 5.41 Å². The summed E-state index contributed by atoms with van der Waals surface area (Å²) in [6.07, 6.45) is 8.95. The molecular formula is C23H29BrN2O2. The Balaban J connectivity index is 1.27. The summed E-state index contributed by atoms with van der Waals surface area (Å²) in [4.78, 5) is 28.5. The Morgan fingerprint density at radius 2 is 1.79 bits per heavy atom. The van der Waals surface area contributed by atoms with Crippen molar-refractivity contribution in [1.82, 2.24) is 10.2 Å². The Morgan fingerprint density at radius 3 is 2.43 bits per heavy atom. The fourth-order valence-electron chi connectivity index (χ4n) is 6.91. The summed E-state index contributed by atoms with van der Waals surface area (Å²) in [5.74, 6) is 2.56. The molecule has 6 rings (SSSR count). The molecule has 0 spiro atoms. The number of hydrogen-bond acceptors (Lipinski definition) is 2. The average Bonchev–Trinajstić information content (AvgIpc) is 3.14. The first kappa shape index (κ1) is 18.7. The first-order valence-corrected chi connectivity index (χ1v) is 11.6. The van der Waals surface area contributed by atoms with E-state index in [2.05, 4.69) is 21.2 Å². The highest BCUT2D eigenvalue weighted by Gasteiger charge is 2.56. The van der Waals surface area contributed by atoms with Crippen LogP contribution in [0.2, 0.25) is 0 Å². The molecule has 0 aromatic heterocycles. The number of hydrogen-bond donors (Lipinski definition) is 1. The number of carbonyl (C=O) groups excluding carboxylic acids is 2. The predicted octanol–water partition coefficient (Wildman–Crippen LogP) is 4.27. The summed E-state index contributed by atoms with van der Waals surface area (Å²) in [7, 11) is 0. The zero-order valence-electron chi connectivity index (χ0n) is 16.3. The summed E-state index contributed by atoms with van der Waals surface area (Å²) < 4.78 is 1.01. The van der Waals surface area contributed by atoms with Gasteiger partial charge in [-0.3, -0.25) is 9.59 Å².